The van der Waals surface area contributed by atoms with Gasteiger partial charge < -0.3 is 31.2 Å². The Morgan fingerprint density at radius 3 is 2.31 bits per heavy atom. The third kappa shape index (κ3) is 11.1. The molecule has 0 bridgehead atoms. The lowest BCUT2D eigenvalue weighted by molar-refractivity contribution is 0.119. The maximum atomic E-state index is 15.3. The predicted octanol–water partition coefficient (Wildman–Crippen LogP) is 8.65. The van der Waals surface area contributed by atoms with E-state index in [4.69, 9.17) is 5.73 Å². The van der Waals surface area contributed by atoms with Gasteiger partial charge in [0, 0.05) is 96.8 Å². The lowest BCUT2D eigenvalue weighted by atomic mass is 9.82. The highest BCUT2D eigenvalue weighted by atomic mass is 19.1. The number of hydrogen-bond acceptors (Lipinski definition) is 5. The number of aromatic nitrogens is 1. The second-order valence-corrected chi connectivity index (χ2v) is 14.4. The van der Waals surface area contributed by atoms with Gasteiger partial charge in [0.1, 0.15) is 5.82 Å². The van der Waals surface area contributed by atoms with E-state index >= 15 is 4.39 Å². The number of nitrogens with one attached hydrogen (secondary N) is 3. The third-order valence-electron chi connectivity index (χ3n) is 9.13. The molecule has 3 atom stereocenters. The van der Waals surface area contributed by atoms with Crippen LogP contribution in [0.4, 0.5) is 4.39 Å². The van der Waals surface area contributed by atoms with Crippen LogP contribution in [0.1, 0.15) is 76.7 Å². The Hall–Kier alpha value is -4.23. The predicted molar refractivity (Wildman–Crippen MR) is 207 cm³/mol. The summed E-state index contributed by atoms with van der Waals surface area (Å²) >= 11 is 0. The largest absolute Gasteiger partial charge is 0.402 e. The summed E-state index contributed by atoms with van der Waals surface area (Å²) in [6.07, 6.45) is 4.35. The molecule has 2 aromatic carbocycles. The standard InChI is InChI=1S/C42H61FN6/c1-12-46-32(6)20-22-47-33(7)36(39(45-11)25-31(5)44)21-23-49(29(2)3)41(42(8,9)10)40-26-35(37-24-30(4)18-19-38(37)43)28-48(40)27-34-16-14-13-15-17-34/h13-19,24,26,28,36,39,41,45-47H,2,5-7,12,20-23,25,27,44H2,1,3-4,8-11H3. The summed E-state index contributed by atoms with van der Waals surface area (Å²) < 4.78 is 17.6. The van der Waals surface area contributed by atoms with Gasteiger partial charge in [-0.1, -0.05) is 89.0 Å². The SMILES string of the molecule is C=C(N)CC(NC)C(CCN(C(=C)C)C(c1cc(-c2cc(C)ccc2F)cn1Cc1ccccc1)C(C)(C)C)C(=C)NCCC(=C)NCC. The van der Waals surface area contributed by atoms with Gasteiger partial charge in [-0.05, 0) is 63.4 Å². The fraction of sp³-hybridized carbons (Fsp3) is 0.429. The van der Waals surface area contributed by atoms with Gasteiger partial charge in [0.2, 0.25) is 0 Å². The Balaban J connectivity index is 2.06. The molecule has 0 aliphatic heterocycles. The van der Waals surface area contributed by atoms with Crippen molar-refractivity contribution in [1.29, 1.82) is 0 Å². The molecule has 1 heterocycles. The maximum Gasteiger partial charge on any atom is 0.131 e. The zero-order valence-electron chi connectivity index (χ0n) is 31.1. The number of benzene rings is 2. The molecule has 6 nitrogen and oxygen atoms in total. The number of aryl methyl sites for hydroxylation is 1. The maximum absolute atomic E-state index is 15.3. The highest BCUT2D eigenvalue weighted by molar-refractivity contribution is 5.65. The van der Waals surface area contributed by atoms with Gasteiger partial charge in [-0.2, -0.15) is 0 Å². The molecule has 3 unspecified atom stereocenters. The van der Waals surface area contributed by atoms with Crippen molar-refractivity contribution in [3.05, 3.63) is 133 Å². The van der Waals surface area contributed by atoms with E-state index in [-0.39, 0.29) is 29.2 Å². The van der Waals surface area contributed by atoms with E-state index in [0.717, 1.165) is 66.4 Å². The molecule has 0 radical (unpaired) electrons. The van der Waals surface area contributed by atoms with Gasteiger partial charge in [-0.15, -0.1) is 0 Å². The lowest BCUT2D eigenvalue weighted by Crippen LogP contribution is -2.42. The molecule has 0 aliphatic carbocycles. The van der Waals surface area contributed by atoms with Crippen molar-refractivity contribution in [3.63, 3.8) is 0 Å². The summed E-state index contributed by atoms with van der Waals surface area (Å²) in [5.41, 5.74) is 14.3. The molecule has 0 saturated carbocycles. The molecule has 49 heavy (non-hydrogen) atoms. The summed E-state index contributed by atoms with van der Waals surface area (Å²) in [6, 6.07) is 17.9. The quantitative estimate of drug-likeness (QED) is 0.0971. The minimum Gasteiger partial charge on any atom is -0.402 e. The summed E-state index contributed by atoms with van der Waals surface area (Å²) in [7, 11) is 1.97. The molecule has 1 aromatic heterocycles. The molecule has 0 amide bonds. The van der Waals surface area contributed by atoms with E-state index in [1.165, 1.54) is 5.56 Å². The van der Waals surface area contributed by atoms with E-state index in [2.05, 4.69) is 123 Å². The number of rotatable bonds is 20. The minimum absolute atomic E-state index is 0.0485. The van der Waals surface area contributed by atoms with E-state index < -0.39 is 0 Å². The van der Waals surface area contributed by atoms with Gasteiger partial charge in [-0.25, -0.2) is 4.39 Å². The van der Waals surface area contributed by atoms with Crippen molar-refractivity contribution in [1.82, 2.24) is 25.4 Å². The van der Waals surface area contributed by atoms with E-state index in [1.807, 2.05) is 32.2 Å². The van der Waals surface area contributed by atoms with Crippen molar-refractivity contribution in [2.75, 3.05) is 26.7 Å². The third-order valence-corrected chi connectivity index (χ3v) is 9.13. The minimum atomic E-state index is -0.222. The highest BCUT2D eigenvalue weighted by Crippen LogP contribution is 2.43. The van der Waals surface area contributed by atoms with Gasteiger partial charge in [0.25, 0.3) is 0 Å². The van der Waals surface area contributed by atoms with Gasteiger partial charge in [0.05, 0.1) is 6.04 Å². The number of halogens is 1. The zero-order chi connectivity index (χ0) is 36.3. The molecule has 5 N–H and O–H groups in total. The first-order valence-corrected chi connectivity index (χ1v) is 17.5. The summed E-state index contributed by atoms with van der Waals surface area (Å²) in [5, 5.41) is 10.4. The van der Waals surface area contributed by atoms with Gasteiger partial charge in [0.15, 0.2) is 0 Å². The van der Waals surface area contributed by atoms with Crippen LogP contribution in [0.25, 0.3) is 11.1 Å². The second-order valence-electron chi connectivity index (χ2n) is 14.4. The number of nitrogens with zero attached hydrogens (tertiary/aromatic N) is 2. The molecule has 0 aliphatic rings. The first-order chi connectivity index (χ1) is 23.2. The molecular formula is C42H61FN6. The fourth-order valence-corrected chi connectivity index (χ4v) is 6.76. The molecule has 3 aromatic rings. The number of hydrogen-bond donors (Lipinski definition) is 4. The fourth-order valence-electron chi connectivity index (χ4n) is 6.76. The summed E-state index contributed by atoms with van der Waals surface area (Å²) in [5.74, 6) is -0.159. The lowest BCUT2D eigenvalue weighted by Gasteiger charge is -2.43. The summed E-state index contributed by atoms with van der Waals surface area (Å²) in [6.45, 7) is 33.1. The molecule has 0 spiro atoms. The Labute approximate surface area is 296 Å². The van der Waals surface area contributed by atoms with Crippen LogP contribution in [-0.4, -0.2) is 42.2 Å². The average molecular weight is 669 g/mol. The van der Waals surface area contributed by atoms with Gasteiger partial charge >= 0.3 is 0 Å². The Bertz CT molecular complexity index is 1560. The molecule has 0 saturated heterocycles. The average Bonchev–Trinajstić information content (AvgIpc) is 3.42. The number of allylic oxidation sites excluding steroid dienone is 1. The Morgan fingerprint density at radius 1 is 1.02 bits per heavy atom. The molecule has 7 heteroatoms. The van der Waals surface area contributed by atoms with Crippen LogP contribution < -0.4 is 21.7 Å². The van der Waals surface area contributed by atoms with Crippen LogP contribution >= 0.6 is 0 Å². The van der Waals surface area contributed by atoms with Crippen LogP contribution in [0.5, 0.6) is 0 Å². The zero-order valence-corrected chi connectivity index (χ0v) is 31.1. The normalized spacial score (nSPS) is 13.3. The molecular weight excluding hydrogens is 608 g/mol. The Kier molecular flexibility index (Phi) is 14.4. The highest BCUT2D eigenvalue weighted by Gasteiger charge is 2.36. The van der Waals surface area contributed by atoms with Crippen LogP contribution in [0, 0.1) is 24.1 Å². The number of nitrogens with two attached hydrogens (primary N) is 1. The van der Waals surface area contributed by atoms with Crippen molar-refractivity contribution >= 4 is 0 Å². The van der Waals surface area contributed by atoms with Crippen molar-refractivity contribution in [3.8, 4) is 11.1 Å². The van der Waals surface area contributed by atoms with E-state index in [9.17, 15) is 0 Å². The topological polar surface area (TPSA) is 70.3 Å². The van der Waals surface area contributed by atoms with Crippen molar-refractivity contribution in [2.45, 2.75) is 79.4 Å². The van der Waals surface area contributed by atoms with Crippen LogP contribution in [0.2, 0.25) is 0 Å². The van der Waals surface area contributed by atoms with Crippen molar-refractivity contribution < 1.29 is 4.39 Å². The van der Waals surface area contributed by atoms with Crippen LogP contribution in [0.15, 0.2) is 110 Å². The van der Waals surface area contributed by atoms with E-state index in [1.54, 1.807) is 6.07 Å². The molecule has 3 rings (SSSR count). The monoisotopic (exact) mass is 668 g/mol. The van der Waals surface area contributed by atoms with Crippen LogP contribution in [-0.2, 0) is 6.54 Å². The van der Waals surface area contributed by atoms with Crippen molar-refractivity contribution in [2.24, 2.45) is 17.1 Å². The van der Waals surface area contributed by atoms with E-state index in [0.29, 0.717) is 24.2 Å². The molecule has 266 valence electrons. The van der Waals surface area contributed by atoms with Crippen LogP contribution in [0.3, 0.4) is 0 Å². The van der Waals surface area contributed by atoms with Gasteiger partial charge in [-0.3, -0.25) is 0 Å². The summed E-state index contributed by atoms with van der Waals surface area (Å²) in [4.78, 5) is 2.42. The Morgan fingerprint density at radius 2 is 1.71 bits per heavy atom. The smallest absolute Gasteiger partial charge is 0.131 e. The molecule has 0 fully saturated rings. The first kappa shape index (κ1) is 39.2. The second kappa shape index (κ2) is 18.0. The first-order valence-electron chi connectivity index (χ1n) is 17.5.